The van der Waals surface area contributed by atoms with Gasteiger partial charge in [-0.2, -0.15) is 0 Å². The van der Waals surface area contributed by atoms with E-state index in [2.05, 4.69) is 33.1 Å². The summed E-state index contributed by atoms with van der Waals surface area (Å²) >= 11 is 1.77. The maximum Gasteiger partial charge on any atom is 0.191 e. The van der Waals surface area contributed by atoms with Crippen LogP contribution in [0.2, 0.25) is 0 Å². The van der Waals surface area contributed by atoms with Crippen LogP contribution in [0.3, 0.4) is 0 Å². The lowest BCUT2D eigenvalue weighted by atomic mass is 10.2. The minimum absolute atomic E-state index is 0.610. The SMILES string of the molecule is CN=C(NCCc1cccs1)NCc1cccc(OC)c1OC. The van der Waals surface area contributed by atoms with E-state index in [1.807, 2.05) is 18.2 Å². The molecule has 0 bridgehead atoms. The average Bonchev–Trinajstić information content (AvgIpc) is 3.10. The van der Waals surface area contributed by atoms with Crippen LogP contribution in [0, 0.1) is 0 Å². The number of thiophene rings is 1. The molecule has 1 aromatic heterocycles. The summed E-state index contributed by atoms with van der Waals surface area (Å²) in [5.41, 5.74) is 1.02. The Morgan fingerprint density at radius 1 is 1.13 bits per heavy atom. The highest BCUT2D eigenvalue weighted by Crippen LogP contribution is 2.30. The van der Waals surface area contributed by atoms with Gasteiger partial charge in [0.1, 0.15) is 0 Å². The topological polar surface area (TPSA) is 54.9 Å². The van der Waals surface area contributed by atoms with Gasteiger partial charge in [-0.3, -0.25) is 4.99 Å². The Kier molecular flexibility index (Phi) is 6.75. The number of guanidine groups is 1. The number of ether oxygens (including phenoxy) is 2. The van der Waals surface area contributed by atoms with Gasteiger partial charge in [-0.1, -0.05) is 18.2 Å². The summed E-state index contributed by atoms with van der Waals surface area (Å²) < 4.78 is 10.8. The van der Waals surface area contributed by atoms with Crippen molar-refractivity contribution >= 4 is 17.3 Å². The molecule has 0 radical (unpaired) electrons. The third kappa shape index (κ3) is 4.89. The van der Waals surface area contributed by atoms with Crippen molar-refractivity contribution in [2.75, 3.05) is 27.8 Å². The highest BCUT2D eigenvalue weighted by Gasteiger charge is 2.09. The molecule has 0 aliphatic rings. The molecule has 0 aliphatic carbocycles. The van der Waals surface area contributed by atoms with Crippen LogP contribution in [0.15, 0.2) is 40.7 Å². The summed E-state index contributed by atoms with van der Waals surface area (Å²) in [6.07, 6.45) is 0.987. The van der Waals surface area contributed by atoms with Crippen LogP contribution in [0.4, 0.5) is 0 Å². The fourth-order valence-electron chi connectivity index (χ4n) is 2.25. The maximum absolute atomic E-state index is 5.44. The summed E-state index contributed by atoms with van der Waals surface area (Å²) in [5, 5.41) is 8.71. The average molecular weight is 333 g/mol. The minimum atomic E-state index is 0.610. The number of rotatable bonds is 7. The number of methoxy groups -OCH3 is 2. The molecule has 0 aliphatic heterocycles. The van der Waals surface area contributed by atoms with Crippen molar-refractivity contribution in [1.29, 1.82) is 0 Å². The zero-order valence-corrected chi connectivity index (χ0v) is 14.6. The minimum Gasteiger partial charge on any atom is -0.493 e. The summed E-state index contributed by atoms with van der Waals surface area (Å²) in [6.45, 7) is 1.45. The second-order valence-electron chi connectivity index (χ2n) is 4.83. The van der Waals surface area contributed by atoms with Crippen molar-refractivity contribution in [3.63, 3.8) is 0 Å². The first-order chi connectivity index (χ1) is 11.3. The van der Waals surface area contributed by atoms with Crippen LogP contribution in [-0.2, 0) is 13.0 Å². The third-order valence-electron chi connectivity index (χ3n) is 3.40. The quantitative estimate of drug-likeness (QED) is 0.604. The molecule has 23 heavy (non-hydrogen) atoms. The van der Waals surface area contributed by atoms with Gasteiger partial charge in [0.15, 0.2) is 17.5 Å². The largest absolute Gasteiger partial charge is 0.493 e. The van der Waals surface area contributed by atoms with Crippen molar-refractivity contribution in [1.82, 2.24) is 10.6 Å². The molecule has 0 atom stereocenters. The van der Waals surface area contributed by atoms with E-state index in [-0.39, 0.29) is 0 Å². The molecule has 0 amide bonds. The van der Waals surface area contributed by atoms with Gasteiger partial charge >= 0.3 is 0 Å². The number of hydrogen-bond donors (Lipinski definition) is 2. The molecule has 1 aromatic carbocycles. The summed E-state index contributed by atoms with van der Waals surface area (Å²) in [5.74, 6) is 2.25. The fraction of sp³-hybridized carbons (Fsp3) is 0.353. The van der Waals surface area contributed by atoms with Gasteiger partial charge in [-0.05, 0) is 23.9 Å². The Labute approximate surface area is 141 Å². The first-order valence-electron chi connectivity index (χ1n) is 7.45. The molecule has 0 saturated heterocycles. The van der Waals surface area contributed by atoms with Crippen LogP contribution in [0.1, 0.15) is 10.4 Å². The van der Waals surface area contributed by atoms with Crippen molar-refractivity contribution in [3.8, 4) is 11.5 Å². The number of nitrogens with zero attached hydrogens (tertiary/aromatic N) is 1. The van der Waals surface area contributed by atoms with E-state index >= 15 is 0 Å². The van der Waals surface area contributed by atoms with E-state index in [4.69, 9.17) is 9.47 Å². The van der Waals surface area contributed by atoms with Gasteiger partial charge in [0, 0.05) is 30.6 Å². The van der Waals surface area contributed by atoms with Gasteiger partial charge in [-0.15, -0.1) is 11.3 Å². The van der Waals surface area contributed by atoms with E-state index in [9.17, 15) is 0 Å². The molecule has 1 heterocycles. The van der Waals surface area contributed by atoms with Gasteiger partial charge in [0.25, 0.3) is 0 Å². The molecule has 2 rings (SSSR count). The number of hydrogen-bond acceptors (Lipinski definition) is 4. The van der Waals surface area contributed by atoms with Crippen LogP contribution >= 0.6 is 11.3 Å². The third-order valence-corrected chi connectivity index (χ3v) is 4.33. The van der Waals surface area contributed by atoms with E-state index in [0.717, 1.165) is 36.0 Å². The molecule has 0 saturated carbocycles. The van der Waals surface area contributed by atoms with Gasteiger partial charge < -0.3 is 20.1 Å². The molecular weight excluding hydrogens is 310 g/mol. The van der Waals surface area contributed by atoms with Crippen LogP contribution < -0.4 is 20.1 Å². The fourth-order valence-corrected chi connectivity index (χ4v) is 2.96. The lowest BCUT2D eigenvalue weighted by molar-refractivity contribution is 0.351. The summed E-state index contributed by atoms with van der Waals surface area (Å²) in [4.78, 5) is 5.61. The smallest absolute Gasteiger partial charge is 0.191 e. The standard InChI is InChI=1S/C17H23N3O2S/c1-18-17(19-10-9-14-7-5-11-23-14)20-12-13-6-4-8-15(21-2)16(13)22-3/h4-8,11H,9-10,12H2,1-3H3,(H2,18,19,20). The second-order valence-corrected chi connectivity index (χ2v) is 5.87. The van der Waals surface area contributed by atoms with Crippen molar-refractivity contribution in [2.45, 2.75) is 13.0 Å². The predicted octanol–water partition coefficient (Wildman–Crippen LogP) is 2.67. The zero-order chi connectivity index (χ0) is 16.5. The normalized spacial score (nSPS) is 11.2. The van der Waals surface area contributed by atoms with Crippen molar-refractivity contribution in [3.05, 3.63) is 46.2 Å². The second kappa shape index (κ2) is 9.05. The maximum atomic E-state index is 5.44. The Hall–Kier alpha value is -2.21. The number of para-hydroxylation sites is 1. The summed E-state index contributed by atoms with van der Waals surface area (Å²) in [6, 6.07) is 10.1. The van der Waals surface area contributed by atoms with E-state index in [1.165, 1.54) is 4.88 Å². The van der Waals surface area contributed by atoms with Gasteiger partial charge in [0.2, 0.25) is 0 Å². The molecule has 2 aromatic rings. The van der Waals surface area contributed by atoms with E-state index in [0.29, 0.717) is 6.54 Å². The highest BCUT2D eigenvalue weighted by molar-refractivity contribution is 7.09. The monoisotopic (exact) mass is 333 g/mol. The lowest BCUT2D eigenvalue weighted by Crippen LogP contribution is -2.37. The van der Waals surface area contributed by atoms with Crippen LogP contribution in [0.25, 0.3) is 0 Å². The molecular formula is C17H23N3O2S. The van der Waals surface area contributed by atoms with Gasteiger partial charge in [-0.25, -0.2) is 0 Å². The van der Waals surface area contributed by atoms with Gasteiger partial charge in [0.05, 0.1) is 14.2 Å². The Bertz CT molecular complexity index is 627. The number of nitrogens with one attached hydrogen (secondary N) is 2. The predicted molar refractivity (Wildman–Crippen MR) is 95.8 cm³/mol. The number of benzene rings is 1. The first kappa shape index (κ1) is 17.1. The first-order valence-corrected chi connectivity index (χ1v) is 8.33. The molecule has 5 nitrogen and oxygen atoms in total. The van der Waals surface area contributed by atoms with Crippen LogP contribution in [-0.4, -0.2) is 33.8 Å². The molecule has 124 valence electrons. The molecule has 6 heteroatoms. The van der Waals surface area contributed by atoms with Crippen LogP contribution in [0.5, 0.6) is 11.5 Å². The Morgan fingerprint density at radius 2 is 2.00 bits per heavy atom. The molecule has 0 fully saturated rings. The van der Waals surface area contributed by atoms with Crippen molar-refractivity contribution in [2.24, 2.45) is 4.99 Å². The molecule has 2 N–H and O–H groups in total. The zero-order valence-electron chi connectivity index (χ0n) is 13.8. The Morgan fingerprint density at radius 3 is 2.65 bits per heavy atom. The van der Waals surface area contributed by atoms with E-state index < -0.39 is 0 Å². The van der Waals surface area contributed by atoms with E-state index in [1.54, 1.807) is 32.6 Å². The summed E-state index contributed by atoms with van der Waals surface area (Å²) in [7, 11) is 5.05. The Balaban J connectivity index is 1.88. The molecule has 0 unspecified atom stereocenters. The number of aliphatic imine (C=N–C) groups is 1. The van der Waals surface area contributed by atoms with Crippen molar-refractivity contribution < 1.29 is 9.47 Å². The highest BCUT2D eigenvalue weighted by atomic mass is 32.1. The molecule has 0 spiro atoms. The lowest BCUT2D eigenvalue weighted by Gasteiger charge is -2.15.